The van der Waals surface area contributed by atoms with Crippen LogP contribution in [-0.2, 0) is 16.1 Å². The largest absolute Gasteiger partial charge is 0.493 e. The van der Waals surface area contributed by atoms with E-state index in [1.54, 1.807) is 7.11 Å². The van der Waals surface area contributed by atoms with Crippen LogP contribution in [0.1, 0.15) is 51.0 Å². The lowest BCUT2D eigenvalue weighted by atomic mass is 10.1. The van der Waals surface area contributed by atoms with Crippen LogP contribution in [0, 0.1) is 0 Å². The summed E-state index contributed by atoms with van der Waals surface area (Å²) in [4.78, 5) is 23.5. The van der Waals surface area contributed by atoms with E-state index in [1.165, 1.54) is 70.3 Å². The van der Waals surface area contributed by atoms with E-state index in [1.807, 2.05) is 13.0 Å². The summed E-state index contributed by atoms with van der Waals surface area (Å²) in [6, 6.07) is 7.18. The minimum atomic E-state index is -1.82. The molecule has 2 aliphatic rings. The highest BCUT2D eigenvalue weighted by Crippen LogP contribution is 2.29. The predicted octanol–water partition coefficient (Wildman–Crippen LogP) is 3.09. The van der Waals surface area contributed by atoms with Gasteiger partial charge in [-0.05, 0) is 37.5 Å². The molecule has 1 aromatic carbocycles. The first-order valence-corrected chi connectivity index (χ1v) is 11.2. The highest BCUT2D eigenvalue weighted by atomic mass is 16.5. The summed E-state index contributed by atoms with van der Waals surface area (Å²) in [6.45, 7) is 8.47. The van der Waals surface area contributed by atoms with Crippen LogP contribution in [0.2, 0.25) is 0 Å². The number of nitrogens with zero attached hydrogens (tertiary/aromatic N) is 2. The van der Waals surface area contributed by atoms with Gasteiger partial charge in [0.2, 0.25) is 0 Å². The van der Waals surface area contributed by atoms with Crippen molar-refractivity contribution in [2.75, 3.05) is 39.9 Å². The second kappa shape index (κ2) is 13.2. The first-order chi connectivity index (χ1) is 14.9. The molecule has 0 unspecified atom stereocenters. The Morgan fingerprint density at radius 2 is 1.58 bits per heavy atom. The van der Waals surface area contributed by atoms with E-state index >= 15 is 0 Å². The topological polar surface area (TPSA) is 99.5 Å². The number of hydrogen-bond donors (Lipinski definition) is 2. The maximum Gasteiger partial charge on any atom is 0.414 e. The first kappa shape index (κ1) is 24.9. The zero-order valence-corrected chi connectivity index (χ0v) is 18.7. The third-order valence-electron chi connectivity index (χ3n) is 5.86. The molecule has 8 nitrogen and oxygen atoms in total. The minimum absolute atomic E-state index is 0.667. The van der Waals surface area contributed by atoms with Crippen molar-refractivity contribution in [3.05, 3.63) is 23.8 Å². The van der Waals surface area contributed by atoms with E-state index in [0.717, 1.165) is 24.1 Å². The van der Waals surface area contributed by atoms with Crippen LogP contribution in [0.15, 0.2) is 18.2 Å². The Morgan fingerprint density at radius 3 is 2.10 bits per heavy atom. The van der Waals surface area contributed by atoms with Gasteiger partial charge in [0, 0.05) is 38.8 Å². The van der Waals surface area contributed by atoms with Crippen LogP contribution in [0.4, 0.5) is 0 Å². The minimum Gasteiger partial charge on any atom is -0.493 e. The number of aliphatic carboxylic acids is 2. The molecule has 2 N–H and O–H groups in total. The van der Waals surface area contributed by atoms with E-state index in [4.69, 9.17) is 29.3 Å². The number of methoxy groups -OCH3 is 1. The van der Waals surface area contributed by atoms with Crippen LogP contribution < -0.4 is 9.47 Å². The average Bonchev–Trinajstić information content (AvgIpc) is 3.05. The van der Waals surface area contributed by atoms with Gasteiger partial charge >= 0.3 is 11.9 Å². The highest BCUT2D eigenvalue weighted by molar-refractivity contribution is 6.27. The van der Waals surface area contributed by atoms with Gasteiger partial charge < -0.3 is 19.7 Å². The molecule has 1 aliphatic carbocycles. The van der Waals surface area contributed by atoms with Gasteiger partial charge in [0.1, 0.15) is 0 Å². The average molecular weight is 437 g/mol. The standard InChI is InChI=1S/C21H34N2O2.C2H2O4/c1-3-25-21-16-18(10-11-20(21)24-2)17-22-12-14-23(15-13-22)19-8-6-4-5-7-9-19;3-1(4)2(5)6/h10-11,16,19H,3-9,12-15,17H2,1-2H3;(H,3,4)(H,5,6). The molecule has 8 heteroatoms. The van der Waals surface area contributed by atoms with Gasteiger partial charge in [-0.15, -0.1) is 0 Å². The molecule has 1 heterocycles. The van der Waals surface area contributed by atoms with Gasteiger partial charge in [-0.2, -0.15) is 0 Å². The SMILES string of the molecule is CCOc1cc(CN2CCN(C3CCCCCC3)CC2)ccc1OC.O=C(O)C(=O)O. The number of ether oxygens (including phenoxy) is 2. The Morgan fingerprint density at radius 1 is 0.968 bits per heavy atom. The van der Waals surface area contributed by atoms with E-state index in [2.05, 4.69) is 21.9 Å². The summed E-state index contributed by atoms with van der Waals surface area (Å²) in [5, 5.41) is 14.8. The quantitative estimate of drug-likeness (QED) is 0.518. The van der Waals surface area contributed by atoms with Crippen LogP contribution in [0.5, 0.6) is 11.5 Å². The maximum atomic E-state index is 9.10. The molecule has 1 saturated carbocycles. The number of rotatable bonds is 6. The van der Waals surface area contributed by atoms with Gasteiger partial charge in [0.05, 0.1) is 13.7 Å². The summed E-state index contributed by atoms with van der Waals surface area (Å²) in [6.07, 6.45) is 8.56. The molecule has 1 aliphatic heterocycles. The number of benzene rings is 1. The van der Waals surface area contributed by atoms with Crippen molar-refractivity contribution in [1.82, 2.24) is 9.80 Å². The summed E-state index contributed by atoms with van der Waals surface area (Å²) < 4.78 is 11.1. The second-order valence-corrected chi connectivity index (χ2v) is 7.99. The number of carbonyl (C=O) groups is 2. The normalized spacial score (nSPS) is 18.4. The van der Waals surface area contributed by atoms with Crippen molar-refractivity contribution in [2.24, 2.45) is 0 Å². The summed E-state index contributed by atoms with van der Waals surface area (Å²) in [5.74, 6) is -1.96. The summed E-state index contributed by atoms with van der Waals surface area (Å²) in [5.41, 5.74) is 1.31. The molecule has 31 heavy (non-hydrogen) atoms. The molecule has 0 aromatic heterocycles. The van der Waals surface area contributed by atoms with Crippen molar-refractivity contribution in [3.63, 3.8) is 0 Å². The lowest BCUT2D eigenvalue weighted by Gasteiger charge is -2.39. The monoisotopic (exact) mass is 436 g/mol. The number of carboxylic acid groups (broad SMARTS) is 2. The van der Waals surface area contributed by atoms with Gasteiger partial charge in [0.25, 0.3) is 0 Å². The zero-order chi connectivity index (χ0) is 22.6. The van der Waals surface area contributed by atoms with E-state index in [0.29, 0.717) is 6.61 Å². The van der Waals surface area contributed by atoms with E-state index < -0.39 is 11.9 Å². The molecule has 0 bridgehead atoms. The Bertz CT molecular complexity index is 683. The third-order valence-corrected chi connectivity index (χ3v) is 5.86. The van der Waals surface area contributed by atoms with Crippen LogP contribution >= 0.6 is 0 Å². The molecule has 0 amide bonds. The van der Waals surface area contributed by atoms with Gasteiger partial charge in [0.15, 0.2) is 11.5 Å². The molecule has 0 atom stereocenters. The van der Waals surface area contributed by atoms with Crippen LogP contribution in [0.3, 0.4) is 0 Å². The van der Waals surface area contributed by atoms with Crippen LogP contribution in [0.25, 0.3) is 0 Å². The Hall–Kier alpha value is -2.32. The van der Waals surface area contributed by atoms with E-state index in [-0.39, 0.29) is 0 Å². The third kappa shape index (κ3) is 8.38. The molecule has 2 fully saturated rings. The fourth-order valence-electron chi connectivity index (χ4n) is 4.26. The number of carboxylic acids is 2. The van der Waals surface area contributed by atoms with Crippen LogP contribution in [-0.4, -0.2) is 77.9 Å². The summed E-state index contributed by atoms with van der Waals surface area (Å²) >= 11 is 0. The van der Waals surface area contributed by atoms with Gasteiger partial charge in [-0.1, -0.05) is 31.7 Å². The molecule has 174 valence electrons. The summed E-state index contributed by atoms with van der Waals surface area (Å²) in [7, 11) is 1.70. The molecule has 3 rings (SSSR count). The Kier molecular flexibility index (Phi) is 10.6. The molecule has 0 radical (unpaired) electrons. The van der Waals surface area contributed by atoms with Gasteiger partial charge in [-0.3, -0.25) is 9.80 Å². The van der Waals surface area contributed by atoms with Gasteiger partial charge in [-0.25, -0.2) is 9.59 Å². The first-order valence-electron chi connectivity index (χ1n) is 11.2. The fourth-order valence-corrected chi connectivity index (χ4v) is 4.26. The lowest BCUT2D eigenvalue weighted by molar-refractivity contribution is -0.159. The van der Waals surface area contributed by atoms with E-state index in [9.17, 15) is 0 Å². The molecule has 0 spiro atoms. The molecule has 1 aromatic rings. The second-order valence-electron chi connectivity index (χ2n) is 7.99. The predicted molar refractivity (Wildman–Crippen MR) is 118 cm³/mol. The Labute approximate surface area is 184 Å². The van der Waals surface area contributed by atoms with Crippen molar-refractivity contribution in [1.29, 1.82) is 0 Å². The lowest BCUT2D eigenvalue weighted by Crippen LogP contribution is -2.49. The fraction of sp³-hybridized carbons (Fsp3) is 0.652. The van der Waals surface area contributed by atoms with Crippen molar-refractivity contribution < 1.29 is 29.3 Å². The number of piperazine rings is 1. The Balaban J connectivity index is 0.000000501. The van der Waals surface area contributed by atoms with Crippen molar-refractivity contribution in [3.8, 4) is 11.5 Å². The highest BCUT2D eigenvalue weighted by Gasteiger charge is 2.24. The van der Waals surface area contributed by atoms with Crippen molar-refractivity contribution in [2.45, 2.75) is 58.0 Å². The maximum absolute atomic E-state index is 9.10. The molecular weight excluding hydrogens is 400 g/mol. The zero-order valence-electron chi connectivity index (χ0n) is 18.7. The molecule has 1 saturated heterocycles. The molecular formula is C23H36N2O6. The smallest absolute Gasteiger partial charge is 0.414 e. The number of hydrogen-bond acceptors (Lipinski definition) is 6. The van der Waals surface area contributed by atoms with Crippen molar-refractivity contribution >= 4 is 11.9 Å².